The third-order valence-corrected chi connectivity index (χ3v) is 5.72. The zero-order valence-corrected chi connectivity index (χ0v) is 20.4. The molecule has 1 atom stereocenters. The number of amides is 2. The van der Waals surface area contributed by atoms with Crippen LogP contribution in [0, 0.1) is 11.7 Å². The summed E-state index contributed by atoms with van der Waals surface area (Å²) in [5.74, 6) is 0.210. The first-order valence-electron chi connectivity index (χ1n) is 12.1. The number of pyridine rings is 1. The highest BCUT2D eigenvalue weighted by Crippen LogP contribution is 2.30. The molecule has 3 aromatic rings. The molecule has 0 saturated heterocycles. The molecule has 36 heavy (non-hydrogen) atoms. The van der Waals surface area contributed by atoms with Crippen molar-refractivity contribution in [1.82, 2.24) is 25.4 Å². The number of hydrogen-bond donors (Lipinski definition) is 2. The van der Waals surface area contributed by atoms with Crippen molar-refractivity contribution in [3.63, 3.8) is 0 Å². The summed E-state index contributed by atoms with van der Waals surface area (Å²) in [7, 11) is 0. The Balaban J connectivity index is 1.30. The molecule has 188 valence electrons. The average Bonchev–Trinajstić information content (AvgIpc) is 3.60. The lowest BCUT2D eigenvalue weighted by atomic mass is 10.2. The molecule has 9 heteroatoms. The molecule has 2 aromatic heterocycles. The molecule has 0 bridgehead atoms. The number of aromatic nitrogens is 3. The molecule has 0 radical (unpaired) electrons. The fraction of sp³-hybridized carbons (Fsp3) is 0.333. The molecular weight excluding hydrogens is 461 g/mol. The molecule has 2 amide bonds. The lowest BCUT2D eigenvalue weighted by molar-refractivity contribution is 0.0947. The second-order valence-electron chi connectivity index (χ2n) is 8.89. The van der Waals surface area contributed by atoms with E-state index in [0.717, 1.165) is 5.56 Å². The predicted octanol–water partition coefficient (Wildman–Crippen LogP) is 3.84. The Bertz CT molecular complexity index is 1250. The summed E-state index contributed by atoms with van der Waals surface area (Å²) in [4.78, 5) is 28.5. The minimum absolute atomic E-state index is 0.192. The zero-order chi connectivity index (χ0) is 25.5. The highest BCUT2D eigenvalue weighted by Gasteiger charge is 2.22. The molecule has 1 aliphatic rings. The number of ether oxygens (including phenoxy) is 1. The van der Waals surface area contributed by atoms with Crippen molar-refractivity contribution in [2.75, 3.05) is 13.2 Å². The van der Waals surface area contributed by atoms with E-state index in [0.29, 0.717) is 42.5 Å². The van der Waals surface area contributed by atoms with E-state index in [-0.39, 0.29) is 29.4 Å². The average molecular weight is 492 g/mol. The molecule has 0 unspecified atom stereocenters. The van der Waals surface area contributed by atoms with Crippen molar-refractivity contribution in [3.8, 4) is 5.75 Å². The summed E-state index contributed by atoms with van der Waals surface area (Å²) in [5, 5.41) is 9.84. The SMILES string of the molecule is CCNC(=O)c1cc(C(=O)N[C@@H](C)C=Cc2cnn(Cc3ccc(OCC4CC4)cc3F)c2)ccn1. The number of nitrogens with one attached hydrogen (secondary N) is 2. The molecule has 2 N–H and O–H groups in total. The van der Waals surface area contributed by atoms with Crippen LogP contribution < -0.4 is 15.4 Å². The topological polar surface area (TPSA) is 98.1 Å². The summed E-state index contributed by atoms with van der Waals surface area (Å²) in [6.45, 7) is 5.07. The number of carbonyl (C=O) groups excluding carboxylic acids is 2. The molecule has 2 heterocycles. The van der Waals surface area contributed by atoms with E-state index < -0.39 is 0 Å². The van der Waals surface area contributed by atoms with Crippen LogP contribution >= 0.6 is 0 Å². The van der Waals surface area contributed by atoms with E-state index >= 15 is 0 Å². The molecule has 0 spiro atoms. The van der Waals surface area contributed by atoms with Crippen molar-refractivity contribution in [2.24, 2.45) is 5.92 Å². The minimum Gasteiger partial charge on any atom is -0.493 e. The fourth-order valence-corrected chi connectivity index (χ4v) is 3.51. The number of hydrogen-bond acceptors (Lipinski definition) is 5. The number of benzene rings is 1. The maximum atomic E-state index is 14.5. The van der Waals surface area contributed by atoms with Gasteiger partial charge < -0.3 is 15.4 Å². The van der Waals surface area contributed by atoms with E-state index in [1.165, 1.54) is 31.2 Å². The van der Waals surface area contributed by atoms with Crippen LogP contribution in [-0.2, 0) is 6.54 Å². The lowest BCUT2D eigenvalue weighted by Crippen LogP contribution is -2.31. The van der Waals surface area contributed by atoms with Gasteiger partial charge in [0.1, 0.15) is 17.3 Å². The van der Waals surface area contributed by atoms with Crippen LogP contribution in [0.3, 0.4) is 0 Å². The fourth-order valence-electron chi connectivity index (χ4n) is 3.51. The van der Waals surface area contributed by atoms with Crippen LogP contribution in [0.5, 0.6) is 5.75 Å². The molecule has 8 nitrogen and oxygen atoms in total. The summed E-state index contributed by atoms with van der Waals surface area (Å²) in [6, 6.07) is 7.69. The predicted molar refractivity (Wildman–Crippen MR) is 134 cm³/mol. The lowest BCUT2D eigenvalue weighted by Gasteiger charge is -2.10. The van der Waals surface area contributed by atoms with Gasteiger partial charge in [0.15, 0.2) is 0 Å². The van der Waals surface area contributed by atoms with Gasteiger partial charge in [-0.3, -0.25) is 19.3 Å². The van der Waals surface area contributed by atoms with Gasteiger partial charge in [-0.2, -0.15) is 5.10 Å². The van der Waals surface area contributed by atoms with Crippen LogP contribution in [0.4, 0.5) is 4.39 Å². The van der Waals surface area contributed by atoms with E-state index in [4.69, 9.17) is 4.74 Å². The Morgan fingerprint density at radius 2 is 2.08 bits per heavy atom. The Kier molecular flexibility index (Phi) is 8.10. The van der Waals surface area contributed by atoms with Crippen LogP contribution in [0.2, 0.25) is 0 Å². The molecule has 0 aliphatic heterocycles. The van der Waals surface area contributed by atoms with Crippen LogP contribution in [0.25, 0.3) is 6.08 Å². The Morgan fingerprint density at radius 1 is 1.25 bits per heavy atom. The summed E-state index contributed by atoms with van der Waals surface area (Å²) in [6.07, 6.45) is 11.0. The normalized spacial score (nSPS) is 14.0. The molecule has 4 rings (SSSR count). The smallest absolute Gasteiger partial charge is 0.269 e. The largest absolute Gasteiger partial charge is 0.493 e. The highest BCUT2D eigenvalue weighted by atomic mass is 19.1. The Morgan fingerprint density at radius 3 is 2.83 bits per heavy atom. The third-order valence-electron chi connectivity index (χ3n) is 5.72. The summed E-state index contributed by atoms with van der Waals surface area (Å²) >= 11 is 0. The van der Waals surface area contributed by atoms with Gasteiger partial charge in [-0.1, -0.05) is 18.2 Å². The van der Waals surface area contributed by atoms with Gasteiger partial charge in [-0.05, 0) is 50.8 Å². The van der Waals surface area contributed by atoms with Gasteiger partial charge in [0.25, 0.3) is 11.8 Å². The van der Waals surface area contributed by atoms with Crippen LogP contribution in [-0.4, -0.2) is 45.8 Å². The van der Waals surface area contributed by atoms with Crippen molar-refractivity contribution in [1.29, 1.82) is 0 Å². The Labute approximate surface area is 209 Å². The number of halogens is 1. The van der Waals surface area contributed by atoms with Gasteiger partial charge in [0.05, 0.1) is 19.3 Å². The molecule has 1 fully saturated rings. The van der Waals surface area contributed by atoms with Gasteiger partial charge >= 0.3 is 0 Å². The molecule has 1 aliphatic carbocycles. The first-order valence-corrected chi connectivity index (χ1v) is 12.1. The Hall–Kier alpha value is -4.01. The third kappa shape index (κ3) is 7.00. The molecule has 1 saturated carbocycles. The van der Waals surface area contributed by atoms with Gasteiger partial charge in [-0.15, -0.1) is 0 Å². The van der Waals surface area contributed by atoms with Crippen molar-refractivity contribution < 1.29 is 18.7 Å². The van der Waals surface area contributed by atoms with Crippen molar-refractivity contribution in [3.05, 3.63) is 83.2 Å². The van der Waals surface area contributed by atoms with Crippen molar-refractivity contribution in [2.45, 2.75) is 39.3 Å². The minimum atomic E-state index is -0.324. The summed E-state index contributed by atoms with van der Waals surface area (Å²) in [5.41, 5.74) is 1.89. The van der Waals surface area contributed by atoms with E-state index in [9.17, 15) is 14.0 Å². The van der Waals surface area contributed by atoms with E-state index in [1.807, 2.05) is 32.2 Å². The van der Waals surface area contributed by atoms with E-state index in [1.54, 1.807) is 29.1 Å². The molecular formula is C27H30FN5O3. The highest BCUT2D eigenvalue weighted by molar-refractivity contribution is 5.98. The van der Waals surface area contributed by atoms with Gasteiger partial charge in [0, 0.05) is 47.7 Å². The second kappa shape index (κ2) is 11.6. The monoisotopic (exact) mass is 491 g/mol. The van der Waals surface area contributed by atoms with Crippen molar-refractivity contribution >= 4 is 17.9 Å². The first-order chi connectivity index (χ1) is 17.4. The number of rotatable bonds is 11. The molecule has 1 aromatic carbocycles. The van der Waals surface area contributed by atoms with E-state index in [2.05, 4.69) is 20.7 Å². The quantitative estimate of drug-likeness (QED) is 0.425. The first kappa shape index (κ1) is 25.1. The maximum Gasteiger partial charge on any atom is 0.269 e. The van der Waals surface area contributed by atoms with Gasteiger partial charge in [-0.25, -0.2) is 4.39 Å². The second-order valence-corrected chi connectivity index (χ2v) is 8.89. The number of carbonyl (C=O) groups is 2. The zero-order valence-electron chi connectivity index (χ0n) is 20.4. The maximum absolute atomic E-state index is 14.5. The number of nitrogens with zero attached hydrogens (tertiary/aromatic N) is 3. The van der Waals surface area contributed by atoms with Crippen LogP contribution in [0.15, 0.2) is 55.0 Å². The van der Waals surface area contributed by atoms with Gasteiger partial charge in [0.2, 0.25) is 0 Å². The van der Waals surface area contributed by atoms with Crippen LogP contribution in [0.1, 0.15) is 58.7 Å². The summed E-state index contributed by atoms with van der Waals surface area (Å²) < 4.78 is 21.8. The standard InChI is InChI=1S/C27H30FN5O3/c1-3-29-27(35)25-12-21(10-11-30-25)26(34)32-18(2)4-5-20-14-31-33(15-20)16-22-8-9-23(13-24(22)28)36-17-19-6-7-19/h4-5,8-15,18-19H,3,6-7,16-17H2,1-2H3,(H,29,35)(H,32,34)/t18-/m0/s1.